The lowest BCUT2D eigenvalue weighted by Gasteiger charge is -2.19. The van der Waals surface area contributed by atoms with Gasteiger partial charge in [-0.3, -0.25) is 4.79 Å². The lowest BCUT2D eigenvalue weighted by Crippen LogP contribution is -2.32. The van der Waals surface area contributed by atoms with Crippen LogP contribution in [0.5, 0.6) is 5.75 Å². The summed E-state index contributed by atoms with van der Waals surface area (Å²) in [6, 6.07) is 5.48. The van der Waals surface area contributed by atoms with Crippen LogP contribution >= 0.6 is 0 Å². The van der Waals surface area contributed by atoms with Crippen LogP contribution in [0.25, 0.3) is 6.08 Å². The first kappa shape index (κ1) is 16.1. The number of alkyl carbamates (subject to hydrolysis) is 1. The van der Waals surface area contributed by atoms with E-state index in [2.05, 4.69) is 5.32 Å². The maximum atomic E-state index is 11.8. The summed E-state index contributed by atoms with van der Waals surface area (Å²) < 4.78 is 10.6. The van der Waals surface area contributed by atoms with Crippen LogP contribution < -0.4 is 10.1 Å². The molecule has 118 valence electrons. The van der Waals surface area contributed by atoms with Gasteiger partial charge < -0.3 is 14.8 Å². The van der Waals surface area contributed by atoms with Crippen LogP contribution in [-0.4, -0.2) is 30.6 Å². The second-order valence-electron chi connectivity index (χ2n) is 6.06. The number of fused-ring (bicyclic) bond motifs is 1. The highest BCUT2D eigenvalue weighted by Crippen LogP contribution is 2.25. The molecule has 0 spiro atoms. The Morgan fingerprint density at radius 3 is 2.91 bits per heavy atom. The number of amides is 1. The third kappa shape index (κ3) is 4.62. The lowest BCUT2D eigenvalue weighted by atomic mass is 10.0. The Morgan fingerprint density at radius 1 is 1.41 bits per heavy atom. The van der Waals surface area contributed by atoms with Crippen molar-refractivity contribution in [1.82, 2.24) is 5.32 Å². The summed E-state index contributed by atoms with van der Waals surface area (Å²) in [5.74, 6) is 0.739. The quantitative estimate of drug-likeness (QED) is 0.931. The predicted octanol–water partition coefficient (Wildman–Crippen LogP) is 3.19. The van der Waals surface area contributed by atoms with E-state index in [9.17, 15) is 9.59 Å². The van der Waals surface area contributed by atoms with Gasteiger partial charge in [0, 0.05) is 13.0 Å². The van der Waals surface area contributed by atoms with Crippen molar-refractivity contribution in [2.24, 2.45) is 0 Å². The summed E-state index contributed by atoms with van der Waals surface area (Å²) in [5, 5.41) is 2.64. The zero-order valence-electron chi connectivity index (χ0n) is 13.1. The number of rotatable bonds is 3. The first-order valence-electron chi connectivity index (χ1n) is 7.28. The normalized spacial score (nSPS) is 14.4. The van der Waals surface area contributed by atoms with Crippen molar-refractivity contribution in [2.45, 2.75) is 32.8 Å². The maximum Gasteiger partial charge on any atom is 0.407 e. The van der Waals surface area contributed by atoms with Crippen LogP contribution in [0.2, 0.25) is 0 Å². The molecule has 0 saturated carbocycles. The second kappa shape index (κ2) is 6.64. The summed E-state index contributed by atoms with van der Waals surface area (Å²) in [4.78, 5) is 23.3. The zero-order chi connectivity index (χ0) is 16.2. The number of hydrogen-bond donors (Lipinski definition) is 1. The van der Waals surface area contributed by atoms with Crippen molar-refractivity contribution in [3.8, 4) is 5.75 Å². The van der Waals surface area contributed by atoms with Gasteiger partial charge in [0.05, 0.1) is 12.2 Å². The van der Waals surface area contributed by atoms with E-state index < -0.39 is 11.7 Å². The third-order valence-electron chi connectivity index (χ3n) is 2.96. The summed E-state index contributed by atoms with van der Waals surface area (Å²) in [7, 11) is 0. The summed E-state index contributed by atoms with van der Waals surface area (Å²) in [6.45, 7) is 6.25. The summed E-state index contributed by atoms with van der Waals surface area (Å²) in [6.07, 6.45) is 3.62. The fourth-order valence-electron chi connectivity index (χ4n) is 2.03. The minimum Gasteiger partial charge on any atom is -0.492 e. The summed E-state index contributed by atoms with van der Waals surface area (Å²) >= 11 is 0. The minimum absolute atomic E-state index is 0.100. The van der Waals surface area contributed by atoms with E-state index in [1.54, 1.807) is 18.2 Å². The molecular weight excluding hydrogens is 282 g/mol. The SMILES string of the molecule is CC(C)(C)OC(=O)NCC=Cc1ccc2c(c1)C(=O)CCO2. The molecule has 0 atom stereocenters. The Labute approximate surface area is 130 Å². The molecule has 0 radical (unpaired) electrons. The molecular formula is C17H21NO4. The van der Waals surface area contributed by atoms with Crippen molar-refractivity contribution in [3.63, 3.8) is 0 Å². The lowest BCUT2D eigenvalue weighted by molar-refractivity contribution is 0.0534. The molecule has 0 bridgehead atoms. The number of ether oxygens (including phenoxy) is 2. The Kier molecular flexibility index (Phi) is 4.85. The molecule has 1 heterocycles. The largest absolute Gasteiger partial charge is 0.492 e. The Hall–Kier alpha value is -2.30. The van der Waals surface area contributed by atoms with Gasteiger partial charge in [0.1, 0.15) is 11.4 Å². The number of hydrogen-bond acceptors (Lipinski definition) is 4. The number of carbonyl (C=O) groups excluding carboxylic acids is 2. The summed E-state index contributed by atoms with van der Waals surface area (Å²) in [5.41, 5.74) is 1.00. The van der Waals surface area contributed by atoms with Gasteiger partial charge in [-0.05, 0) is 38.5 Å². The number of nitrogens with one attached hydrogen (secondary N) is 1. The van der Waals surface area contributed by atoms with E-state index in [4.69, 9.17) is 9.47 Å². The second-order valence-corrected chi connectivity index (χ2v) is 6.06. The van der Waals surface area contributed by atoms with Crippen LogP contribution in [0.15, 0.2) is 24.3 Å². The fraction of sp³-hybridized carbons (Fsp3) is 0.412. The zero-order valence-corrected chi connectivity index (χ0v) is 13.1. The first-order valence-corrected chi connectivity index (χ1v) is 7.28. The molecule has 0 fully saturated rings. The van der Waals surface area contributed by atoms with Crippen molar-refractivity contribution in [1.29, 1.82) is 0 Å². The molecule has 1 aliphatic rings. The molecule has 0 saturated heterocycles. The highest BCUT2D eigenvalue weighted by atomic mass is 16.6. The number of Topliss-reactive ketones (excluding diaryl/α,β-unsaturated/α-hetero) is 1. The predicted molar refractivity (Wildman–Crippen MR) is 84.2 cm³/mol. The van der Waals surface area contributed by atoms with Crippen molar-refractivity contribution < 1.29 is 19.1 Å². The van der Waals surface area contributed by atoms with Gasteiger partial charge in [-0.15, -0.1) is 0 Å². The smallest absolute Gasteiger partial charge is 0.407 e. The topological polar surface area (TPSA) is 64.6 Å². The van der Waals surface area contributed by atoms with Gasteiger partial charge in [0.25, 0.3) is 0 Å². The van der Waals surface area contributed by atoms with Crippen LogP contribution in [0.3, 0.4) is 0 Å². The van der Waals surface area contributed by atoms with E-state index in [1.807, 2.05) is 32.9 Å². The average Bonchev–Trinajstić information content (AvgIpc) is 2.42. The number of ketones is 1. The molecule has 1 aromatic rings. The molecule has 5 heteroatoms. The molecule has 5 nitrogen and oxygen atoms in total. The Balaban J connectivity index is 1.90. The molecule has 1 aromatic carbocycles. The molecule has 1 amide bonds. The van der Waals surface area contributed by atoms with Crippen LogP contribution in [0.1, 0.15) is 43.1 Å². The maximum absolute atomic E-state index is 11.8. The van der Waals surface area contributed by atoms with Crippen molar-refractivity contribution in [3.05, 3.63) is 35.4 Å². The van der Waals surface area contributed by atoms with E-state index in [1.165, 1.54) is 0 Å². The standard InChI is InChI=1S/C17H21NO4/c1-17(2,3)22-16(20)18-9-4-5-12-6-7-15-13(11-12)14(19)8-10-21-15/h4-7,11H,8-10H2,1-3H3,(H,18,20). The van der Waals surface area contributed by atoms with Crippen LogP contribution in [-0.2, 0) is 4.74 Å². The van der Waals surface area contributed by atoms with E-state index >= 15 is 0 Å². The number of benzene rings is 1. The van der Waals surface area contributed by atoms with Crippen LogP contribution in [0.4, 0.5) is 4.79 Å². The van der Waals surface area contributed by atoms with E-state index in [-0.39, 0.29) is 5.78 Å². The molecule has 2 rings (SSSR count). The van der Waals surface area contributed by atoms with Gasteiger partial charge in [0.15, 0.2) is 5.78 Å². The molecule has 1 aliphatic heterocycles. The molecule has 22 heavy (non-hydrogen) atoms. The fourth-order valence-corrected chi connectivity index (χ4v) is 2.03. The first-order chi connectivity index (χ1) is 10.3. The van der Waals surface area contributed by atoms with Crippen molar-refractivity contribution >= 4 is 18.0 Å². The van der Waals surface area contributed by atoms with E-state index in [0.29, 0.717) is 30.9 Å². The molecule has 0 aliphatic carbocycles. The van der Waals surface area contributed by atoms with Crippen molar-refractivity contribution in [2.75, 3.05) is 13.2 Å². The van der Waals surface area contributed by atoms with Gasteiger partial charge in [-0.25, -0.2) is 4.79 Å². The van der Waals surface area contributed by atoms with Gasteiger partial charge in [-0.1, -0.05) is 18.2 Å². The highest BCUT2D eigenvalue weighted by molar-refractivity contribution is 6.00. The van der Waals surface area contributed by atoms with E-state index in [0.717, 1.165) is 5.56 Å². The highest BCUT2D eigenvalue weighted by Gasteiger charge is 2.18. The third-order valence-corrected chi connectivity index (χ3v) is 2.96. The molecule has 1 N–H and O–H groups in total. The van der Waals surface area contributed by atoms with Gasteiger partial charge >= 0.3 is 6.09 Å². The van der Waals surface area contributed by atoms with Crippen LogP contribution in [0, 0.1) is 0 Å². The average molecular weight is 303 g/mol. The monoisotopic (exact) mass is 303 g/mol. The minimum atomic E-state index is -0.507. The Bertz CT molecular complexity index is 599. The molecule has 0 unspecified atom stereocenters. The Morgan fingerprint density at radius 2 is 2.18 bits per heavy atom. The molecule has 0 aromatic heterocycles. The van der Waals surface area contributed by atoms with Gasteiger partial charge in [0.2, 0.25) is 0 Å². The van der Waals surface area contributed by atoms with Gasteiger partial charge in [-0.2, -0.15) is 0 Å². The number of carbonyl (C=O) groups is 2.